The Morgan fingerprint density at radius 1 is 1.36 bits per heavy atom. The van der Waals surface area contributed by atoms with Crippen LogP contribution < -0.4 is 10.9 Å². The smallest absolute Gasteiger partial charge is 0.416 e. The number of aromatic hydroxyl groups is 1. The van der Waals surface area contributed by atoms with E-state index in [0.29, 0.717) is 19.2 Å². The zero-order valence-corrected chi connectivity index (χ0v) is 13.1. The highest BCUT2D eigenvalue weighted by atomic mass is 19.4. The van der Waals surface area contributed by atoms with Crippen LogP contribution in [0.3, 0.4) is 0 Å². The highest BCUT2D eigenvalue weighted by Crippen LogP contribution is 2.35. The van der Waals surface area contributed by atoms with Crippen LogP contribution in [0.5, 0.6) is 5.75 Å². The molecule has 1 saturated heterocycles. The zero-order chi connectivity index (χ0) is 18.0. The molecule has 1 fully saturated rings. The van der Waals surface area contributed by atoms with Crippen molar-refractivity contribution < 1.29 is 23.0 Å². The van der Waals surface area contributed by atoms with Crippen molar-refractivity contribution in [2.75, 3.05) is 19.7 Å². The summed E-state index contributed by atoms with van der Waals surface area (Å²) >= 11 is 0. The van der Waals surface area contributed by atoms with Crippen molar-refractivity contribution in [1.82, 2.24) is 14.9 Å². The molecule has 0 amide bonds. The largest absolute Gasteiger partial charge is 0.507 e. The summed E-state index contributed by atoms with van der Waals surface area (Å²) in [4.78, 5) is 16.5. The first kappa shape index (κ1) is 17.4. The number of benzene rings is 1. The van der Waals surface area contributed by atoms with E-state index in [1.807, 2.05) is 0 Å². The summed E-state index contributed by atoms with van der Waals surface area (Å²) in [7, 11) is 0. The van der Waals surface area contributed by atoms with E-state index in [1.54, 1.807) is 0 Å². The first-order valence-corrected chi connectivity index (χ1v) is 7.63. The molecule has 25 heavy (non-hydrogen) atoms. The summed E-state index contributed by atoms with van der Waals surface area (Å²) in [6.45, 7) is 2.12. The molecular formula is C16H16F3N3O3. The molecule has 1 aromatic heterocycles. The summed E-state index contributed by atoms with van der Waals surface area (Å²) in [6, 6.07) is 2.49. The monoisotopic (exact) mass is 355 g/mol. The van der Waals surface area contributed by atoms with Crippen molar-refractivity contribution in [3.63, 3.8) is 0 Å². The van der Waals surface area contributed by atoms with Crippen LogP contribution >= 0.6 is 0 Å². The van der Waals surface area contributed by atoms with Gasteiger partial charge in [0.15, 0.2) is 0 Å². The van der Waals surface area contributed by atoms with Crippen LogP contribution in [0.25, 0.3) is 11.1 Å². The third-order valence-corrected chi connectivity index (χ3v) is 3.92. The first-order valence-electron chi connectivity index (χ1n) is 7.63. The maximum Gasteiger partial charge on any atom is 0.416 e. The minimum atomic E-state index is -4.57. The molecule has 1 aliphatic heterocycles. The number of morpholine rings is 1. The van der Waals surface area contributed by atoms with Gasteiger partial charge in [-0.1, -0.05) is 0 Å². The first-order chi connectivity index (χ1) is 11.9. The molecule has 0 aliphatic carbocycles. The molecule has 6 nitrogen and oxygen atoms in total. The molecule has 2 N–H and O–H groups in total. The highest BCUT2D eigenvalue weighted by Gasteiger charge is 2.31. The summed E-state index contributed by atoms with van der Waals surface area (Å²) < 4.78 is 44.9. The summed E-state index contributed by atoms with van der Waals surface area (Å²) in [5.74, 6) is -0.623. The second kappa shape index (κ2) is 6.85. The van der Waals surface area contributed by atoms with Gasteiger partial charge in [0.25, 0.3) is 5.56 Å². The molecule has 2 heterocycles. The number of hydrogen-bond acceptors (Lipinski definition) is 5. The number of alkyl halides is 3. The number of rotatable bonds is 3. The molecular weight excluding hydrogens is 339 g/mol. The number of phenolic OH excluding ortho intramolecular Hbond substituents is 1. The Bertz CT molecular complexity index is 814. The van der Waals surface area contributed by atoms with E-state index >= 15 is 0 Å². The topological polar surface area (TPSA) is 76.4 Å². The number of ether oxygens (including phenoxy) is 1. The van der Waals surface area contributed by atoms with E-state index in [1.165, 1.54) is 17.1 Å². The molecule has 0 saturated carbocycles. The second-order valence-corrected chi connectivity index (χ2v) is 5.69. The predicted molar refractivity (Wildman–Crippen MR) is 83.2 cm³/mol. The number of halogens is 3. The number of phenols is 1. The van der Waals surface area contributed by atoms with Crippen LogP contribution in [0.15, 0.2) is 35.5 Å². The number of hydrogen-bond donors (Lipinski definition) is 2. The minimum Gasteiger partial charge on any atom is -0.507 e. The molecule has 1 aliphatic rings. The van der Waals surface area contributed by atoms with Crippen LogP contribution in [-0.4, -0.2) is 40.5 Å². The molecule has 0 radical (unpaired) electrons. The van der Waals surface area contributed by atoms with Gasteiger partial charge < -0.3 is 15.2 Å². The standard InChI is InChI=1S/C16H16F3N3O3/c17-16(18,19)10-1-2-12(14(23)5-10)13-7-21-9-22(15(13)24)8-11-6-20-3-4-25-11/h1-2,5,7,9,11,20,23H,3-4,6,8H2/t11-/m1/s1. The van der Waals surface area contributed by atoms with E-state index < -0.39 is 23.0 Å². The normalized spacial score (nSPS) is 18.3. The zero-order valence-electron chi connectivity index (χ0n) is 13.1. The molecule has 0 spiro atoms. The molecule has 2 aromatic rings. The summed E-state index contributed by atoms with van der Waals surface area (Å²) in [6.07, 6.45) is -2.22. The van der Waals surface area contributed by atoms with Crippen molar-refractivity contribution in [3.05, 3.63) is 46.6 Å². The number of nitrogens with zero attached hydrogens (tertiary/aromatic N) is 2. The van der Waals surface area contributed by atoms with Crippen molar-refractivity contribution in [1.29, 1.82) is 0 Å². The van der Waals surface area contributed by atoms with Gasteiger partial charge in [0.2, 0.25) is 0 Å². The van der Waals surface area contributed by atoms with Gasteiger partial charge in [0.1, 0.15) is 5.75 Å². The van der Waals surface area contributed by atoms with Gasteiger partial charge in [0, 0.05) is 24.8 Å². The molecule has 134 valence electrons. The van der Waals surface area contributed by atoms with Crippen molar-refractivity contribution in [2.45, 2.75) is 18.8 Å². The van der Waals surface area contributed by atoms with Gasteiger partial charge in [0.05, 0.1) is 36.7 Å². The number of nitrogens with one attached hydrogen (secondary N) is 1. The Morgan fingerprint density at radius 2 is 2.16 bits per heavy atom. The third kappa shape index (κ3) is 3.83. The van der Waals surface area contributed by atoms with Gasteiger partial charge in [-0.05, 0) is 18.2 Å². The molecule has 3 rings (SSSR count). The fourth-order valence-electron chi connectivity index (χ4n) is 2.66. The lowest BCUT2D eigenvalue weighted by atomic mass is 10.0. The van der Waals surface area contributed by atoms with Crippen LogP contribution in [0.2, 0.25) is 0 Å². The molecule has 1 atom stereocenters. The molecule has 0 bridgehead atoms. The number of aromatic nitrogens is 2. The van der Waals surface area contributed by atoms with E-state index in [0.717, 1.165) is 18.7 Å². The lowest BCUT2D eigenvalue weighted by Gasteiger charge is -2.24. The quantitative estimate of drug-likeness (QED) is 0.875. The maximum atomic E-state index is 12.7. The van der Waals surface area contributed by atoms with Crippen molar-refractivity contribution in [2.24, 2.45) is 0 Å². The van der Waals surface area contributed by atoms with Crippen LogP contribution in [-0.2, 0) is 17.5 Å². The van der Waals surface area contributed by atoms with Gasteiger partial charge in [-0.15, -0.1) is 0 Å². The van der Waals surface area contributed by atoms with Gasteiger partial charge in [-0.2, -0.15) is 13.2 Å². The van der Waals surface area contributed by atoms with Gasteiger partial charge in [-0.3, -0.25) is 9.36 Å². The summed E-state index contributed by atoms with van der Waals surface area (Å²) in [5.41, 5.74) is -1.42. The lowest BCUT2D eigenvalue weighted by molar-refractivity contribution is -0.137. The fraction of sp³-hybridized carbons (Fsp3) is 0.375. The highest BCUT2D eigenvalue weighted by molar-refractivity contribution is 5.69. The lowest BCUT2D eigenvalue weighted by Crippen LogP contribution is -2.42. The van der Waals surface area contributed by atoms with E-state index in [-0.39, 0.29) is 23.8 Å². The van der Waals surface area contributed by atoms with E-state index in [4.69, 9.17) is 4.74 Å². The minimum absolute atomic E-state index is 0.00235. The average Bonchev–Trinajstić information content (AvgIpc) is 2.57. The Morgan fingerprint density at radius 3 is 2.80 bits per heavy atom. The average molecular weight is 355 g/mol. The second-order valence-electron chi connectivity index (χ2n) is 5.69. The Hall–Kier alpha value is -2.39. The predicted octanol–water partition coefficient (Wildman–Crippen LogP) is 1.62. The van der Waals surface area contributed by atoms with Crippen LogP contribution in [0.1, 0.15) is 5.56 Å². The third-order valence-electron chi connectivity index (χ3n) is 3.92. The SMILES string of the molecule is O=c1c(-c2ccc(C(F)(F)F)cc2O)cncn1C[C@H]1CNCCO1. The van der Waals surface area contributed by atoms with Crippen molar-refractivity contribution in [3.8, 4) is 16.9 Å². The van der Waals surface area contributed by atoms with Gasteiger partial charge in [-0.25, -0.2) is 4.98 Å². The van der Waals surface area contributed by atoms with Gasteiger partial charge >= 0.3 is 6.18 Å². The Labute approximate surface area is 140 Å². The van der Waals surface area contributed by atoms with Crippen LogP contribution in [0.4, 0.5) is 13.2 Å². The van der Waals surface area contributed by atoms with Crippen LogP contribution in [0, 0.1) is 0 Å². The van der Waals surface area contributed by atoms with E-state index in [2.05, 4.69) is 10.3 Å². The Balaban J connectivity index is 1.93. The van der Waals surface area contributed by atoms with Crippen molar-refractivity contribution >= 4 is 0 Å². The summed E-state index contributed by atoms with van der Waals surface area (Å²) in [5, 5.41) is 13.1. The molecule has 1 aromatic carbocycles. The van der Waals surface area contributed by atoms with E-state index in [9.17, 15) is 23.1 Å². The fourth-order valence-corrected chi connectivity index (χ4v) is 2.66. The molecule has 9 heteroatoms. The Kier molecular flexibility index (Phi) is 4.78. The molecule has 0 unspecified atom stereocenters. The maximum absolute atomic E-state index is 12.7.